The average Bonchev–Trinajstić information content (AvgIpc) is 3.23. The predicted octanol–water partition coefficient (Wildman–Crippen LogP) is 1.64. The minimum absolute atomic E-state index is 0.154. The number of hydrogen-bond acceptors (Lipinski definition) is 3. The van der Waals surface area contributed by atoms with Gasteiger partial charge in [-0.05, 0) is 38.3 Å². The zero-order chi connectivity index (χ0) is 14.8. The Morgan fingerprint density at radius 2 is 2.00 bits per heavy atom. The summed E-state index contributed by atoms with van der Waals surface area (Å²) in [5.41, 5.74) is 5.94. The predicted molar refractivity (Wildman–Crippen MR) is 78.4 cm³/mol. The summed E-state index contributed by atoms with van der Waals surface area (Å²) in [5, 5.41) is 5.67. The van der Waals surface area contributed by atoms with Crippen LogP contribution < -0.4 is 16.4 Å². The third-order valence-electron chi connectivity index (χ3n) is 3.59. The van der Waals surface area contributed by atoms with Gasteiger partial charge < -0.3 is 16.4 Å². The van der Waals surface area contributed by atoms with E-state index >= 15 is 0 Å². The zero-order valence-corrected chi connectivity index (χ0v) is 11.9. The van der Waals surface area contributed by atoms with Gasteiger partial charge in [0, 0.05) is 6.04 Å². The van der Waals surface area contributed by atoms with Crippen LogP contribution in [0, 0.1) is 0 Å². The standard InChI is InChI=1S/C15H21N3O2/c1-3-15(2,16)14(20)18-12-7-5-4-6-11(12)13(19)17-10-8-9-10/h4-7,10H,3,8-9,16H2,1-2H3,(H,17,19)(H,18,20). The average molecular weight is 275 g/mol. The van der Waals surface area contributed by atoms with Crippen molar-refractivity contribution < 1.29 is 9.59 Å². The number of amides is 2. The molecule has 4 N–H and O–H groups in total. The topological polar surface area (TPSA) is 84.2 Å². The summed E-state index contributed by atoms with van der Waals surface area (Å²) >= 11 is 0. The van der Waals surface area contributed by atoms with Crippen LogP contribution in [0.15, 0.2) is 24.3 Å². The first-order valence-electron chi connectivity index (χ1n) is 6.94. The second-order valence-corrected chi connectivity index (χ2v) is 5.52. The SMILES string of the molecule is CCC(C)(N)C(=O)Nc1ccccc1C(=O)NC1CC1. The number of anilines is 1. The normalized spacial score (nSPS) is 17.1. The molecule has 0 heterocycles. The lowest BCUT2D eigenvalue weighted by Crippen LogP contribution is -2.48. The van der Waals surface area contributed by atoms with E-state index in [1.165, 1.54) is 0 Å². The molecule has 0 saturated heterocycles. The smallest absolute Gasteiger partial charge is 0.253 e. The number of rotatable bonds is 5. The van der Waals surface area contributed by atoms with Crippen molar-refractivity contribution in [2.75, 3.05) is 5.32 Å². The van der Waals surface area contributed by atoms with Gasteiger partial charge in [-0.2, -0.15) is 0 Å². The highest BCUT2D eigenvalue weighted by Crippen LogP contribution is 2.22. The molecule has 1 unspecified atom stereocenters. The number of nitrogens with two attached hydrogens (primary N) is 1. The van der Waals surface area contributed by atoms with Crippen LogP contribution in [0.4, 0.5) is 5.69 Å². The van der Waals surface area contributed by atoms with Crippen molar-refractivity contribution in [3.05, 3.63) is 29.8 Å². The molecule has 2 rings (SSSR count). The Kier molecular flexibility index (Phi) is 4.09. The van der Waals surface area contributed by atoms with Gasteiger partial charge in [-0.15, -0.1) is 0 Å². The maximum Gasteiger partial charge on any atom is 0.253 e. The highest BCUT2D eigenvalue weighted by Gasteiger charge is 2.28. The van der Waals surface area contributed by atoms with Crippen LogP contribution >= 0.6 is 0 Å². The first kappa shape index (κ1) is 14.5. The van der Waals surface area contributed by atoms with Gasteiger partial charge in [-0.25, -0.2) is 0 Å². The van der Waals surface area contributed by atoms with E-state index in [1.807, 2.05) is 6.92 Å². The van der Waals surface area contributed by atoms with Crippen molar-refractivity contribution in [2.24, 2.45) is 5.73 Å². The van der Waals surface area contributed by atoms with Crippen LogP contribution in [-0.4, -0.2) is 23.4 Å². The first-order chi connectivity index (χ1) is 9.44. The van der Waals surface area contributed by atoms with E-state index in [1.54, 1.807) is 31.2 Å². The molecule has 108 valence electrons. The minimum atomic E-state index is -0.944. The van der Waals surface area contributed by atoms with Gasteiger partial charge in [-0.1, -0.05) is 19.1 Å². The summed E-state index contributed by atoms with van der Waals surface area (Å²) in [4.78, 5) is 24.2. The van der Waals surface area contributed by atoms with Crippen LogP contribution in [0.5, 0.6) is 0 Å². The summed E-state index contributed by atoms with van der Waals surface area (Å²) in [6.07, 6.45) is 2.57. The Hall–Kier alpha value is -1.88. The molecular formula is C15H21N3O2. The molecule has 1 aromatic carbocycles. The molecule has 2 amide bonds. The van der Waals surface area contributed by atoms with Crippen molar-refractivity contribution in [3.8, 4) is 0 Å². The highest BCUT2D eigenvalue weighted by atomic mass is 16.2. The Morgan fingerprint density at radius 3 is 2.60 bits per heavy atom. The van der Waals surface area contributed by atoms with Crippen molar-refractivity contribution in [2.45, 2.75) is 44.7 Å². The van der Waals surface area contributed by atoms with Gasteiger partial charge in [0.25, 0.3) is 5.91 Å². The summed E-state index contributed by atoms with van der Waals surface area (Å²) in [7, 11) is 0. The summed E-state index contributed by atoms with van der Waals surface area (Å²) < 4.78 is 0. The Labute approximate surface area is 118 Å². The van der Waals surface area contributed by atoms with Gasteiger partial charge in [0.1, 0.15) is 0 Å². The van der Waals surface area contributed by atoms with Crippen molar-refractivity contribution >= 4 is 17.5 Å². The van der Waals surface area contributed by atoms with E-state index in [-0.39, 0.29) is 17.9 Å². The van der Waals surface area contributed by atoms with E-state index in [9.17, 15) is 9.59 Å². The van der Waals surface area contributed by atoms with E-state index in [4.69, 9.17) is 5.73 Å². The largest absolute Gasteiger partial charge is 0.349 e. The Balaban J connectivity index is 2.15. The number of benzene rings is 1. The molecule has 1 aliphatic carbocycles. The van der Waals surface area contributed by atoms with Crippen LogP contribution in [0.3, 0.4) is 0 Å². The molecule has 0 radical (unpaired) electrons. The van der Waals surface area contributed by atoms with Crippen molar-refractivity contribution in [1.29, 1.82) is 0 Å². The molecule has 5 heteroatoms. The van der Waals surface area contributed by atoms with Gasteiger partial charge in [-0.3, -0.25) is 9.59 Å². The molecule has 1 saturated carbocycles. The highest BCUT2D eigenvalue weighted by molar-refractivity contribution is 6.05. The molecule has 1 fully saturated rings. The molecule has 1 aliphatic rings. The fourth-order valence-electron chi connectivity index (χ4n) is 1.71. The Morgan fingerprint density at radius 1 is 1.35 bits per heavy atom. The fourth-order valence-corrected chi connectivity index (χ4v) is 1.71. The molecule has 0 aliphatic heterocycles. The lowest BCUT2D eigenvalue weighted by atomic mass is 9.99. The Bertz CT molecular complexity index is 522. The molecule has 0 spiro atoms. The van der Waals surface area contributed by atoms with Crippen molar-refractivity contribution in [1.82, 2.24) is 5.32 Å². The molecule has 1 atom stereocenters. The van der Waals surface area contributed by atoms with E-state index in [0.29, 0.717) is 17.7 Å². The second-order valence-electron chi connectivity index (χ2n) is 5.52. The zero-order valence-electron chi connectivity index (χ0n) is 11.9. The van der Waals surface area contributed by atoms with E-state index < -0.39 is 5.54 Å². The third kappa shape index (κ3) is 3.36. The molecule has 20 heavy (non-hydrogen) atoms. The van der Waals surface area contributed by atoms with Gasteiger partial charge >= 0.3 is 0 Å². The maximum absolute atomic E-state index is 12.1. The summed E-state index contributed by atoms with van der Waals surface area (Å²) in [6, 6.07) is 7.25. The summed E-state index contributed by atoms with van der Waals surface area (Å²) in [5.74, 6) is -0.440. The number of nitrogens with one attached hydrogen (secondary N) is 2. The quantitative estimate of drug-likeness (QED) is 0.764. The third-order valence-corrected chi connectivity index (χ3v) is 3.59. The fraction of sp³-hybridized carbons (Fsp3) is 0.467. The van der Waals surface area contributed by atoms with E-state index in [2.05, 4.69) is 10.6 Å². The van der Waals surface area contributed by atoms with Gasteiger partial charge in [0.2, 0.25) is 5.91 Å². The monoisotopic (exact) mass is 275 g/mol. The van der Waals surface area contributed by atoms with Crippen LogP contribution in [0.1, 0.15) is 43.5 Å². The minimum Gasteiger partial charge on any atom is -0.349 e. The molecule has 5 nitrogen and oxygen atoms in total. The number of hydrogen-bond donors (Lipinski definition) is 3. The first-order valence-corrected chi connectivity index (χ1v) is 6.94. The van der Waals surface area contributed by atoms with E-state index in [0.717, 1.165) is 12.8 Å². The molecular weight excluding hydrogens is 254 g/mol. The van der Waals surface area contributed by atoms with Crippen LogP contribution in [0.25, 0.3) is 0 Å². The van der Waals surface area contributed by atoms with Crippen LogP contribution in [0.2, 0.25) is 0 Å². The molecule has 1 aromatic rings. The lowest BCUT2D eigenvalue weighted by Gasteiger charge is -2.22. The molecule has 0 aromatic heterocycles. The van der Waals surface area contributed by atoms with Gasteiger partial charge in [0.15, 0.2) is 0 Å². The maximum atomic E-state index is 12.1. The van der Waals surface area contributed by atoms with Crippen LogP contribution in [-0.2, 0) is 4.79 Å². The van der Waals surface area contributed by atoms with Gasteiger partial charge in [0.05, 0.1) is 16.8 Å². The number of para-hydroxylation sites is 1. The number of carbonyl (C=O) groups is 2. The second kappa shape index (κ2) is 5.63. The lowest BCUT2D eigenvalue weighted by molar-refractivity contribution is -0.120. The number of carbonyl (C=O) groups excluding carboxylic acids is 2. The van der Waals surface area contributed by atoms with Crippen molar-refractivity contribution in [3.63, 3.8) is 0 Å². The molecule has 0 bridgehead atoms. The summed E-state index contributed by atoms with van der Waals surface area (Å²) in [6.45, 7) is 3.53.